The van der Waals surface area contributed by atoms with Crippen LogP contribution in [-0.4, -0.2) is 43.1 Å². The van der Waals surface area contributed by atoms with E-state index < -0.39 is 5.97 Å². The smallest absolute Gasteiger partial charge is 0.315 e. The molecule has 1 aromatic rings. The van der Waals surface area contributed by atoms with Gasteiger partial charge in [0.1, 0.15) is 18.0 Å². The van der Waals surface area contributed by atoms with E-state index in [4.69, 9.17) is 9.47 Å². The molecule has 1 fully saturated rings. The zero-order valence-electron chi connectivity index (χ0n) is 15.3. The second kappa shape index (κ2) is 7.85. The minimum Gasteiger partial charge on any atom is -0.493 e. The first-order valence-corrected chi connectivity index (χ1v) is 8.57. The third-order valence-electron chi connectivity index (χ3n) is 4.13. The van der Waals surface area contributed by atoms with Crippen LogP contribution in [0.15, 0.2) is 18.2 Å². The number of hydrogen-bond acceptors (Lipinski definition) is 4. The van der Waals surface area contributed by atoms with Crippen molar-refractivity contribution in [2.45, 2.75) is 39.5 Å². The lowest BCUT2D eigenvalue weighted by Crippen LogP contribution is -2.52. The lowest BCUT2D eigenvalue weighted by atomic mass is 9.86. The first kappa shape index (κ1) is 19.2. The van der Waals surface area contributed by atoms with Crippen molar-refractivity contribution in [2.24, 2.45) is 5.92 Å². The Bertz CT molecular complexity index is 633. The number of nitrogens with zero attached hydrogens (tertiary/aromatic N) is 1. The molecule has 2 rings (SSSR count). The number of likely N-dealkylation sites (tertiary alicyclic amines) is 1. The Morgan fingerprint density at radius 1 is 1.28 bits per heavy atom. The highest BCUT2D eigenvalue weighted by Crippen LogP contribution is 2.32. The van der Waals surface area contributed by atoms with Crippen LogP contribution in [0.1, 0.15) is 39.7 Å². The van der Waals surface area contributed by atoms with Crippen LogP contribution < -0.4 is 4.74 Å². The number of carbonyl (C=O) groups excluding carboxylic acids is 2. The summed E-state index contributed by atoms with van der Waals surface area (Å²) in [6, 6.07) is 4.55. The highest BCUT2D eigenvalue weighted by Gasteiger charge is 2.32. The first-order chi connectivity index (χ1) is 11.7. The van der Waals surface area contributed by atoms with Crippen LogP contribution in [0.4, 0.5) is 4.39 Å². The van der Waals surface area contributed by atoms with Gasteiger partial charge in [0.05, 0.1) is 13.2 Å². The molecule has 5 nitrogen and oxygen atoms in total. The molecule has 1 aromatic carbocycles. The van der Waals surface area contributed by atoms with Crippen LogP contribution in [0.3, 0.4) is 0 Å². The predicted molar refractivity (Wildman–Crippen MR) is 91.9 cm³/mol. The molecular formula is C19H26FNO4. The van der Waals surface area contributed by atoms with Crippen LogP contribution in [-0.2, 0) is 19.7 Å². The van der Waals surface area contributed by atoms with Crippen molar-refractivity contribution in [3.8, 4) is 5.75 Å². The highest BCUT2D eigenvalue weighted by atomic mass is 19.1. The van der Waals surface area contributed by atoms with Crippen molar-refractivity contribution in [2.75, 3.05) is 26.3 Å². The SMILES string of the molecule is CCOC(=O)CC(=O)N1CC(COc2ccc(F)cc2C(C)(C)C)C1. The number of amides is 1. The van der Waals surface area contributed by atoms with E-state index in [0.29, 0.717) is 25.4 Å². The molecule has 1 amide bonds. The van der Waals surface area contributed by atoms with E-state index in [1.165, 1.54) is 12.1 Å². The maximum absolute atomic E-state index is 13.5. The molecule has 1 aliphatic rings. The average molecular weight is 351 g/mol. The summed E-state index contributed by atoms with van der Waals surface area (Å²) in [5.74, 6) is -0.105. The molecule has 0 spiro atoms. The molecule has 1 heterocycles. The van der Waals surface area contributed by atoms with Crippen molar-refractivity contribution in [1.29, 1.82) is 0 Å². The number of carbonyl (C=O) groups is 2. The van der Waals surface area contributed by atoms with Gasteiger partial charge in [0.25, 0.3) is 0 Å². The molecule has 25 heavy (non-hydrogen) atoms. The van der Waals surface area contributed by atoms with E-state index in [-0.39, 0.29) is 36.1 Å². The molecule has 6 heteroatoms. The maximum Gasteiger partial charge on any atom is 0.315 e. The fourth-order valence-corrected chi connectivity index (χ4v) is 2.75. The molecule has 1 saturated heterocycles. The Hall–Kier alpha value is -2.11. The van der Waals surface area contributed by atoms with Gasteiger partial charge in [-0.3, -0.25) is 9.59 Å². The van der Waals surface area contributed by atoms with Crippen molar-refractivity contribution in [3.63, 3.8) is 0 Å². The first-order valence-electron chi connectivity index (χ1n) is 8.57. The lowest BCUT2D eigenvalue weighted by molar-refractivity contribution is -0.151. The van der Waals surface area contributed by atoms with E-state index in [1.807, 2.05) is 20.8 Å². The number of benzene rings is 1. The third-order valence-corrected chi connectivity index (χ3v) is 4.13. The van der Waals surface area contributed by atoms with E-state index in [2.05, 4.69) is 0 Å². The van der Waals surface area contributed by atoms with Gasteiger partial charge in [-0.15, -0.1) is 0 Å². The topological polar surface area (TPSA) is 55.8 Å². The largest absolute Gasteiger partial charge is 0.493 e. The fourth-order valence-electron chi connectivity index (χ4n) is 2.75. The molecule has 0 aromatic heterocycles. The number of halogens is 1. The number of ether oxygens (including phenoxy) is 2. The number of rotatable bonds is 6. The van der Waals surface area contributed by atoms with Gasteiger partial charge in [-0.2, -0.15) is 0 Å². The molecule has 0 radical (unpaired) electrons. The van der Waals surface area contributed by atoms with Gasteiger partial charge in [-0.1, -0.05) is 20.8 Å². The van der Waals surface area contributed by atoms with Crippen LogP contribution in [0.25, 0.3) is 0 Å². The van der Waals surface area contributed by atoms with Gasteiger partial charge < -0.3 is 14.4 Å². The molecule has 1 aliphatic heterocycles. The van der Waals surface area contributed by atoms with Gasteiger partial charge >= 0.3 is 5.97 Å². The van der Waals surface area contributed by atoms with Crippen molar-refractivity contribution < 1.29 is 23.5 Å². The molecule has 0 atom stereocenters. The molecule has 0 N–H and O–H groups in total. The average Bonchev–Trinajstić information content (AvgIpc) is 2.46. The Balaban J connectivity index is 1.83. The van der Waals surface area contributed by atoms with Crippen molar-refractivity contribution in [3.05, 3.63) is 29.6 Å². The summed E-state index contributed by atoms with van der Waals surface area (Å²) in [5, 5.41) is 0. The zero-order chi connectivity index (χ0) is 18.6. The van der Waals surface area contributed by atoms with Gasteiger partial charge in [-0.05, 0) is 30.5 Å². The minimum atomic E-state index is -0.492. The van der Waals surface area contributed by atoms with Crippen LogP contribution >= 0.6 is 0 Å². The summed E-state index contributed by atoms with van der Waals surface area (Å²) in [6.07, 6.45) is -0.215. The number of esters is 1. The summed E-state index contributed by atoms with van der Waals surface area (Å²) >= 11 is 0. The van der Waals surface area contributed by atoms with Gasteiger partial charge in [0, 0.05) is 24.6 Å². The van der Waals surface area contributed by atoms with Gasteiger partial charge in [0.15, 0.2) is 0 Å². The van der Waals surface area contributed by atoms with E-state index >= 15 is 0 Å². The second-order valence-electron chi connectivity index (χ2n) is 7.35. The van der Waals surface area contributed by atoms with Crippen molar-refractivity contribution in [1.82, 2.24) is 4.90 Å². The Labute approximate surface area is 148 Å². The summed E-state index contributed by atoms with van der Waals surface area (Å²) in [4.78, 5) is 24.8. The summed E-state index contributed by atoms with van der Waals surface area (Å²) < 4.78 is 24.2. The van der Waals surface area contributed by atoms with Crippen LogP contribution in [0.5, 0.6) is 5.75 Å². The van der Waals surface area contributed by atoms with Crippen molar-refractivity contribution >= 4 is 11.9 Å². The third kappa shape index (κ3) is 5.18. The second-order valence-corrected chi connectivity index (χ2v) is 7.35. The quantitative estimate of drug-likeness (QED) is 0.584. The molecule has 0 unspecified atom stereocenters. The summed E-state index contributed by atoms with van der Waals surface area (Å²) in [6.45, 7) is 9.58. The molecular weight excluding hydrogens is 325 g/mol. The van der Waals surface area contributed by atoms with E-state index in [1.54, 1.807) is 17.9 Å². The summed E-state index contributed by atoms with van der Waals surface area (Å²) in [5.41, 5.74) is 0.598. The fraction of sp³-hybridized carbons (Fsp3) is 0.579. The Morgan fingerprint density at radius 3 is 2.56 bits per heavy atom. The van der Waals surface area contributed by atoms with Crippen LogP contribution in [0.2, 0.25) is 0 Å². The minimum absolute atomic E-state index is 0.212. The normalized spacial score (nSPS) is 14.8. The Kier molecular flexibility index (Phi) is 6.03. The highest BCUT2D eigenvalue weighted by molar-refractivity contribution is 5.94. The van der Waals surface area contributed by atoms with Crippen LogP contribution in [0, 0.1) is 11.7 Å². The lowest BCUT2D eigenvalue weighted by Gasteiger charge is -2.39. The molecule has 138 valence electrons. The monoisotopic (exact) mass is 351 g/mol. The molecule has 0 saturated carbocycles. The van der Waals surface area contributed by atoms with E-state index in [0.717, 1.165) is 5.56 Å². The van der Waals surface area contributed by atoms with Gasteiger partial charge in [0.2, 0.25) is 5.91 Å². The zero-order valence-corrected chi connectivity index (χ0v) is 15.3. The number of hydrogen-bond donors (Lipinski definition) is 0. The molecule has 0 aliphatic carbocycles. The van der Waals surface area contributed by atoms with E-state index in [9.17, 15) is 14.0 Å². The maximum atomic E-state index is 13.5. The standard InChI is InChI=1S/C19H26FNO4/c1-5-24-18(23)9-17(22)21-10-13(11-21)12-25-16-7-6-14(20)8-15(16)19(2,3)4/h6-8,13H,5,9-12H2,1-4H3. The Morgan fingerprint density at radius 2 is 1.96 bits per heavy atom. The van der Waals surface area contributed by atoms with Gasteiger partial charge in [-0.25, -0.2) is 4.39 Å². The summed E-state index contributed by atoms with van der Waals surface area (Å²) in [7, 11) is 0. The molecule has 0 bridgehead atoms. The predicted octanol–water partition coefficient (Wildman–Crippen LogP) is 2.91.